The van der Waals surface area contributed by atoms with Crippen LogP contribution in [0.1, 0.15) is 5.56 Å². The third-order valence-corrected chi connectivity index (χ3v) is 1.31. The van der Waals surface area contributed by atoms with Crippen LogP contribution < -0.4 is 4.74 Å². The van der Waals surface area contributed by atoms with E-state index in [1.807, 2.05) is 31.2 Å². The van der Waals surface area contributed by atoms with Crippen LogP contribution in [-0.4, -0.2) is 24.8 Å². The van der Waals surface area contributed by atoms with E-state index in [0.717, 1.165) is 5.75 Å². The van der Waals surface area contributed by atoms with Crippen LogP contribution in [-0.2, 0) is 0 Å². The summed E-state index contributed by atoms with van der Waals surface area (Å²) in [5.74, 6) is 0.956. The molecule has 0 aromatic heterocycles. The van der Waals surface area contributed by atoms with E-state index in [4.69, 9.17) is 14.8 Å². The number of hydrogen-bond donors (Lipinski definition) is 2. The molecule has 0 spiro atoms. The number of para-hydroxylation sites is 1. The van der Waals surface area contributed by atoms with Gasteiger partial charge in [-0.2, -0.15) is 0 Å². The van der Waals surface area contributed by atoms with Gasteiger partial charge in [0.15, 0.2) is 0 Å². The quantitative estimate of drug-likeness (QED) is 0.599. The molecule has 1 aromatic carbocycles. The molecule has 12 heavy (non-hydrogen) atoms. The molecule has 0 amide bonds. The Kier molecular flexibility index (Phi) is 6.14. The maximum absolute atomic E-state index is 7.00. The minimum atomic E-state index is 0. The first kappa shape index (κ1) is 11.0. The Labute approximate surface area is 72.9 Å². The molecule has 0 bridgehead atoms. The predicted molar refractivity (Wildman–Crippen MR) is 47.9 cm³/mol. The summed E-state index contributed by atoms with van der Waals surface area (Å²) in [6.07, 6.45) is 0. The first-order valence-electron chi connectivity index (χ1n) is 3.46. The lowest BCUT2D eigenvalue weighted by molar-refractivity contribution is 0.411. The Hall–Kier alpha value is -0.995. The first-order valence-corrected chi connectivity index (χ1v) is 3.46. The lowest BCUT2D eigenvalue weighted by Gasteiger charge is -2.00. The molecule has 1 radical (unpaired) electrons. The Morgan fingerprint density at radius 1 is 1.25 bits per heavy atom. The molecule has 3 nitrogen and oxygen atoms in total. The molecule has 1 aromatic rings. The lowest BCUT2D eigenvalue weighted by atomic mass is 10.2. The zero-order valence-electron chi connectivity index (χ0n) is 7.19. The monoisotopic (exact) mass is 167 g/mol. The summed E-state index contributed by atoms with van der Waals surface area (Å²) in [7, 11) is 1.68. The van der Waals surface area contributed by atoms with E-state index in [-0.39, 0.29) is 7.69 Å². The number of hydrogen-bond acceptors (Lipinski definition) is 3. The van der Waals surface area contributed by atoms with Crippen LogP contribution in [0.4, 0.5) is 0 Å². The second-order valence-corrected chi connectivity index (χ2v) is 2.09. The van der Waals surface area contributed by atoms with Crippen LogP contribution in [0.3, 0.4) is 0 Å². The van der Waals surface area contributed by atoms with Crippen LogP contribution in [0.25, 0.3) is 0 Å². The Morgan fingerprint density at radius 3 is 2.08 bits per heavy atom. The Morgan fingerprint density at radius 2 is 1.75 bits per heavy atom. The van der Waals surface area contributed by atoms with Crippen molar-refractivity contribution in [3.8, 4) is 5.75 Å². The van der Waals surface area contributed by atoms with Gasteiger partial charge in [-0.3, -0.25) is 0 Å². The van der Waals surface area contributed by atoms with E-state index in [0.29, 0.717) is 0 Å². The van der Waals surface area contributed by atoms with E-state index in [2.05, 4.69) is 0 Å². The first-order chi connectivity index (χ1) is 5.76. The average molecular weight is 167 g/mol. The van der Waals surface area contributed by atoms with E-state index in [1.54, 1.807) is 7.11 Å². The van der Waals surface area contributed by atoms with E-state index < -0.39 is 0 Å². The number of ether oxygens (including phenoxy) is 1. The SMILES string of the molecule is COc1ccccc1C.O[B]O. The fourth-order valence-corrected chi connectivity index (χ4v) is 0.785. The van der Waals surface area contributed by atoms with E-state index >= 15 is 0 Å². The van der Waals surface area contributed by atoms with Crippen molar-refractivity contribution in [1.82, 2.24) is 0 Å². The second-order valence-electron chi connectivity index (χ2n) is 2.09. The van der Waals surface area contributed by atoms with Crippen molar-refractivity contribution >= 4 is 7.69 Å². The van der Waals surface area contributed by atoms with E-state index in [1.165, 1.54) is 5.56 Å². The van der Waals surface area contributed by atoms with Crippen molar-refractivity contribution in [3.05, 3.63) is 29.8 Å². The van der Waals surface area contributed by atoms with Crippen LogP contribution in [0.15, 0.2) is 24.3 Å². The van der Waals surface area contributed by atoms with Crippen molar-refractivity contribution in [3.63, 3.8) is 0 Å². The maximum atomic E-state index is 7.00. The molecule has 0 unspecified atom stereocenters. The van der Waals surface area contributed by atoms with Gasteiger partial charge in [0, 0.05) is 0 Å². The lowest BCUT2D eigenvalue weighted by Crippen LogP contribution is -1.84. The molecule has 0 atom stereocenters. The Bertz CT molecular complexity index is 215. The van der Waals surface area contributed by atoms with Gasteiger partial charge in [0.05, 0.1) is 7.11 Å². The summed E-state index contributed by atoms with van der Waals surface area (Å²) >= 11 is 0. The summed E-state index contributed by atoms with van der Waals surface area (Å²) in [5.41, 5.74) is 1.18. The number of aryl methyl sites for hydroxylation is 1. The molecule has 0 fully saturated rings. The summed E-state index contributed by atoms with van der Waals surface area (Å²) in [6, 6.07) is 7.94. The molecule has 0 saturated carbocycles. The van der Waals surface area contributed by atoms with Crippen LogP contribution in [0, 0.1) is 6.92 Å². The minimum absolute atomic E-state index is 0. The highest BCUT2D eigenvalue weighted by atomic mass is 16.5. The summed E-state index contributed by atoms with van der Waals surface area (Å²) < 4.78 is 5.04. The normalized spacial score (nSPS) is 8.00. The highest BCUT2D eigenvalue weighted by Gasteiger charge is 1.90. The van der Waals surface area contributed by atoms with Crippen molar-refractivity contribution < 1.29 is 14.8 Å². The average Bonchev–Trinajstić information content (AvgIpc) is 2.07. The third-order valence-electron chi connectivity index (χ3n) is 1.31. The van der Waals surface area contributed by atoms with Crippen molar-refractivity contribution in [2.24, 2.45) is 0 Å². The number of rotatable bonds is 1. The van der Waals surface area contributed by atoms with Crippen molar-refractivity contribution in [2.45, 2.75) is 6.92 Å². The van der Waals surface area contributed by atoms with Crippen molar-refractivity contribution in [2.75, 3.05) is 7.11 Å². The zero-order chi connectivity index (χ0) is 9.40. The van der Waals surface area contributed by atoms with Gasteiger partial charge in [0.1, 0.15) is 5.75 Å². The molecule has 0 saturated heterocycles. The van der Waals surface area contributed by atoms with Gasteiger partial charge in [-0.05, 0) is 18.6 Å². The summed E-state index contributed by atoms with van der Waals surface area (Å²) in [6.45, 7) is 2.03. The molecule has 2 N–H and O–H groups in total. The largest absolute Gasteiger partial charge is 0.496 e. The van der Waals surface area contributed by atoms with E-state index in [9.17, 15) is 0 Å². The predicted octanol–water partition coefficient (Wildman–Crippen LogP) is 0.509. The van der Waals surface area contributed by atoms with Gasteiger partial charge in [0.2, 0.25) is 0 Å². The molecule has 65 valence electrons. The number of benzene rings is 1. The third kappa shape index (κ3) is 4.00. The van der Waals surface area contributed by atoms with Crippen LogP contribution in [0.5, 0.6) is 5.75 Å². The molecular weight excluding hydrogens is 155 g/mol. The standard InChI is InChI=1S/C8H10O.BH2O2/c1-7-5-3-4-6-8(7)9-2;2-1-3/h3-6H,1-2H3;2-3H. The maximum Gasteiger partial charge on any atom is 0.482 e. The fourth-order valence-electron chi connectivity index (χ4n) is 0.785. The number of methoxy groups -OCH3 is 1. The van der Waals surface area contributed by atoms with Crippen LogP contribution in [0.2, 0.25) is 0 Å². The molecule has 0 aliphatic carbocycles. The van der Waals surface area contributed by atoms with Gasteiger partial charge >= 0.3 is 7.69 Å². The highest BCUT2D eigenvalue weighted by Crippen LogP contribution is 2.14. The highest BCUT2D eigenvalue weighted by molar-refractivity contribution is 6.13. The minimum Gasteiger partial charge on any atom is -0.496 e. The summed E-state index contributed by atoms with van der Waals surface area (Å²) in [5, 5.41) is 14.0. The van der Waals surface area contributed by atoms with Crippen LogP contribution >= 0.6 is 0 Å². The molecule has 0 aliphatic rings. The van der Waals surface area contributed by atoms with Gasteiger partial charge in [0.25, 0.3) is 0 Å². The second kappa shape index (κ2) is 6.70. The fraction of sp³-hybridized carbons (Fsp3) is 0.250. The Balaban J connectivity index is 0.000000354. The molecule has 1 rings (SSSR count). The van der Waals surface area contributed by atoms with Crippen molar-refractivity contribution in [1.29, 1.82) is 0 Å². The smallest absolute Gasteiger partial charge is 0.482 e. The van der Waals surface area contributed by atoms with Gasteiger partial charge < -0.3 is 14.8 Å². The van der Waals surface area contributed by atoms with Gasteiger partial charge in [-0.25, -0.2) is 0 Å². The topological polar surface area (TPSA) is 49.7 Å². The van der Waals surface area contributed by atoms with Gasteiger partial charge in [-0.15, -0.1) is 0 Å². The molecule has 4 heteroatoms. The summed E-state index contributed by atoms with van der Waals surface area (Å²) in [4.78, 5) is 0. The molecule has 0 aliphatic heterocycles. The van der Waals surface area contributed by atoms with Gasteiger partial charge in [-0.1, -0.05) is 18.2 Å². The molecular formula is C8H12BO3. The molecule has 0 heterocycles. The zero-order valence-corrected chi connectivity index (χ0v) is 7.19.